The Bertz CT molecular complexity index is 143. The lowest BCUT2D eigenvalue weighted by atomic mass is 10.1. The molecule has 0 saturated heterocycles. The first-order valence-electron chi connectivity index (χ1n) is 4.57. The Morgan fingerprint density at radius 2 is 1.92 bits per heavy atom. The van der Waals surface area contributed by atoms with Crippen LogP contribution < -0.4 is 5.73 Å². The molecule has 12 heavy (non-hydrogen) atoms. The molecule has 3 nitrogen and oxygen atoms in total. The maximum Gasteiger partial charge on any atom is 0.0947 e. The molecular formula is C9H21N3. The van der Waals surface area contributed by atoms with Crippen LogP contribution >= 0.6 is 0 Å². The van der Waals surface area contributed by atoms with Gasteiger partial charge in [-0.2, -0.15) is 0 Å². The quantitative estimate of drug-likeness (QED) is 0.484. The number of amidine groups is 1. The van der Waals surface area contributed by atoms with E-state index in [2.05, 4.69) is 25.7 Å². The standard InChI is InChI=1S/C9H21N3/c1-5-12(7(2)3)6-8(4)9(10)11/h7-8H,5-6H2,1-4H3,(H3,10,11). The van der Waals surface area contributed by atoms with E-state index in [1.54, 1.807) is 0 Å². The highest BCUT2D eigenvalue weighted by atomic mass is 15.1. The molecule has 0 bridgehead atoms. The fourth-order valence-electron chi connectivity index (χ4n) is 1.16. The monoisotopic (exact) mass is 171 g/mol. The summed E-state index contributed by atoms with van der Waals surface area (Å²) in [5.74, 6) is 0.460. The van der Waals surface area contributed by atoms with Crippen LogP contribution in [0.15, 0.2) is 0 Å². The third-order valence-electron chi connectivity index (χ3n) is 2.18. The summed E-state index contributed by atoms with van der Waals surface area (Å²) >= 11 is 0. The molecule has 72 valence electrons. The van der Waals surface area contributed by atoms with Crippen LogP contribution in [0.3, 0.4) is 0 Å². The second-order valence-electron chi connectivity index (χ2n) is 3.54. The first kappa shape index (κ1) is 11.4. The Morgan fingerprint density at radius 3 is 2.17 bits per heavy atom. The third kappa shape index (κ3) is 3.72. The largest absolute Gasteiger partial charge is 0.387 e. The molecule has 0 spiro atoms. The van der Waals surface area contributed by atoms with Gasteiger partial charge in [0.2, 0.25) is 0 Å². The maximum absolute atomic E-state index is 7.26. The summed E-state index contributed by atoms with van der Waals surface area (Å²) in [6, 6.07) is 0.539. The average molecular weight is 171 g/mol. The molecule has 0 aromatic rings. The van der Waals surface area contributed by atoms with Crippen molar-refractivity contribution in [3.8, 4) is 0 Å². The highest BCUT2D eigenvalue weighted by molar-refractivity contribution is 5.79. The summed E-state index contributed by atoms with van der Waals surface area (Å²) in [5.41, 5.74) is 5.40. The van der Waals surface area contributed by atoms with E-state index in [4.69, 9.17) is 11.1 Å². The second kappa shape index (κ2) is 5.14. The maximum atomic E-state index is 7.26. The molecule has 0 aromatic heterocycles. The Kier molecular flexibility index (Phi) is 4.90. The van der Waals surface area contributed by atoms with Crippen molar-refractivity contribution >= 4 is 5.84 Å². The van der Waals surface area contributed by atoms with Gasteiger partial charge >= 0.3 is 0 Å². The summed E-state index contributed by atoms with van der Waals surface area (Å²) in [4.78, 5) is 2.31. The predicted octanol–water partition coefficient (Wildman–Crippen LogP) is 1.29. The van der Waals surface area contributed by atoms with Crippen LogP contribution in [-0.4, -0.2) is 29.9 Å². The lowest BCUT2D eigenvalue weighted by Crippen LogP contribution is -2.38. The zero-order valence-electron chi connectivity index (χ0n) is 8.59. The molecule has 0 saturated carbocycles. The van der Waals surface area contributed by atoms with Crippen LogP contribution in [0.5, 0.6) is 0 Å². The molecule has 3 N–H and O–H groups in total. The Balaban J connectivity index is 3.93. The molecule has 3 heteroatoms. The molecule has 1 unspecified atom stereocenters. The van der Waals surface area contributed by atoms with E-state index < -0.39 is 0 Å². The van der Waals surface area contributed by atoms with Crippen LogP contribution in [0.1, 0.15) is 27.7 Å². The van der Waals surface area contributed by atoms with Crippen LogP contribution in [-0.2, 0) is 0 Å². The molecule has 0 radical (unpaired) electrons. The van der Waals surface area contributed by atoms with Crippen molar-refractivity contribution in [1.29, 1.82) is 5.41 Å². The van der Waals surface area contributed by atoms with Gasteiger partial charge in [0, 0.05) is 18.5 Å². The smallest absolute Gasteiger partial charge is 0.0947 e. The van der Waals surface area contributed by atoms with Gasteiger partial charge in [0.15, 0.2) is 0 Å². The third-order valence-corrected chi connectivity index (χ3v) is 2.18. The van der Waals surface area contributed by atoms with E-state index in [1.807, 2.05) is 6.92 Å². The Hall–Kier alpha value is -0.570. The number of hydrogen-bond acceptors (Lipinski definition) is 2. The molecule has 0 amide bonds. The van der Waals surface area contributed by atoms with Gasteiger partial charge in [0.25, 0.3) is 0 Å². The van der Waals surface area contributed by atoms with Crippen LogP contribution in [0.2, 0.25) is 0 Å². The van der Waals surface area contributed by atoms with Crippen LogP contribution in [0.4, 0.5) is 0 Å². The van der Waals surface area contributed by atoms with E-state index in [0.29, 0.717) is 6.04 Å². The number of rotatable bonds is 5. The van der Waals surface area contributed by atoms with E-state index in [-0.39, 0.29) is 11.8 Å². The Labute approximate surface area is 75.4 Å². The zero-order valence-corrected chi connectivity index (χ0v) is 8.59. The van der Waals surface area contributed by atoms with Crippen molar-refractivity contribution in [1.82, 2.24) is 4.90 Å². The summed E-state index contributed by atoms with van der Waals surface area (Å²) in [6.07, 6.45) is 0. The second-order valence-corrected chi connectivity index (χ2v) is 3.54. The number of nitrogens with zero attached hydrogens (tertiary/aromatic N) is 1. The minimum Gasteiger partial charge on any atom is -0.387 e. The fraction of sp³-hybridized carbons (Fsp3) is 0.889. The van der Waals surface area contributed by atoms with Crippen LogP contribution in [0, 0.1) is 11.3 Å². The van der Waals surface area contributed by atoms with Crippen molar-refractivity contribution in [2.45, 2.75) is 33.7 Å². The Morgan fingerprint density at radius 1 is 1.42 bits per heavy atom. The van der Waals surface area contributed by atoms with Gasteiger partial charge in [-0.15, -0.1) is 0 Å². The van der Waals surface area contributed by atoms with Gasteiger partial charge < -0.3 is 10.6 Å². The topological polar surface area (TPSA) is 53.1 Å². The van der Waals surface area contributed by atoms with Gasteiger partial charge in [-0.25, -0.2) is 0 Å². The number of hydrogen-bond donors (Lipinski definition) is 2. The van der Waals surface area contributed by atoms with E-state index in [0.717, 1.165) is 13.1 Å². The molecule has 0 heterocycles. The van der Waals surface area contributed by atoms with Crippen molar-refractivity contribution in [2.24, 2.45) is 11.7 Å². The van der Waals surface area contributed by atoms with Gasteiger partial charge in [-0.3, -0.25) is 5.41 Å². The van der Waals surface area contributed by atoms with E-state index in [9.17, 15) is 0 Å². The van der Waals surface area contributed by atoms with Crippen molar-refractivity contribution in [2.75, 3.05) is 13.1 Å². The zero-order chi connectivity index (χ0) is 9.72. The summed E-state index contributed by atoms with van der Waals surface area (Å²) in [7, 11) is 0. The lowest BCUT2D eigenvalue weighted by molar-refractivity contribution is 0.220. The SMILES string of the molecule is CCN(CC(C)C(=N)N)C(C)C. The van der Waals surface area contributed by atoms with Gasteiger partial charge in [-0.05, 0) is 20.4 Å². The first-order valence-corrected chi connectivity index (χ1v) is 4.57. The molecule has 0 aliphatic rings. The van der Waals surface area contributed by atoms with Gasteiger partial charge in [0.05, 0.1) is 5.84 Å². The van der Waals surface area contributed by atoms with Crippen molar-refractivity contribution < 1.29 is 0 Å². The molecule has 0 fully saturated rings. The van der Waals surface area contributed by atoms with Gasteiger partial charge in [-0.1, -0.05) is 13.8 Å². The van der Waals surface area contributed by atoms with Gasteiger partial charge in [0.1, 0.15) is 0 Å². The molecular weight excluding hydrogens is 150 g/mol. The summed E-state index contributed by atoms with van der Waals surface area (Å²) < 4.78 is 0. The molecule has 0 aliphatic heterocycles. The molecule has 0 aromatic carbocycles. The highest BCUT2D eigenvalue weighted by Crippen LogP contribution is 2.03. The average Bonchev–Trinajstić information content (AvgIpc) is 1.98. The van der Waals surface area contributed by atoms with Crippen molar-refractivity contribution in [3.05, 3.63) is 0 Å². The van der Waals surface area contributed by atoms with Crippen LogP contribution in [0.25, 0.3) is 0 Å². The fourth-order valence-corrected chi connectivity index (χ4v) is 1.16. The lowest BCUT2D eigenvalue weighted by Gasteiger charge is -2.27. The molecule has 0 aliphatic carbocycles. The first-order chi connectivity index (χ1) is 5.49. The van der Waals surface area contributed by atoms with E-state index >= 15 is 0 Å². The highest BCUT2D eigenvalue weighted by Gasteiger charge is 2.12. The van der Waals surface area contributed by atoms with Crippen molar-refractivity contribution in [3.63, 3.8) is 0 Å². The molecule has 1 atom stereocenters. The normalized spacial score (nSPS) is 13.8. The summed E-state index contributed by atoms with van der Waals surface area (Å²) in [5, 5.41) is 7.26. The molecule has 0 rings (SSSR count). The minimum atomic E-state index is 0.173. The number of nitrogens with two attached hydrogens (primary N) is 1. The summed E-state index contributed by atoms with van der Waals surface area (Å²) in [6.45, 7) is 10.4. The number of nitrogens with one attached hydrogen (secondary N) is 1. The van der Waals surface area contributed by atoms with E-state index in [1.165, 1.54) is 0 Å². The minimum absolute atomic E-state index is 0.173. The predicted molar refractivity (Wildman–Crippen MR) is 53.5 cm³/mol.